The van der Waals surface area contributed by atoms with Crippen molar-refractivity contribution in [1.29, 1.82) is 0 Å². The Morgan fingerprint density at radius 2 is 2.20 bits per heavy atom. The Hall–Kier alpha value is -1.55. The molecule has 0 unspecified atom stereocenters. The maximum atomic E-state index is 4.38. The van der Waals surface area contributed by atoms with Crippen LogP contribution >= 0.6 is 0 Å². The number of hydrogen-bond donors (Lipinski definition) is 1. The number of hydrogen-bond acceptors (Lipinski definition) is 3. The van der Waals surface area contributed by atoms with Gasteiger partial charge in [-0.05, 0) is 19.2 Å². The van der Waals surface area contributed by atoms with Crippen LogP contribution in [0.2, 0.25) is 0 Å². The average molecular weight is 204 g/mol. The highest BCUT2D eigenvalue weighted by atomic mass is 15.2. The summed E-state index contributed by atoms with van der Waals surface area (Å²) in [5.41, 5.74) is 2.17. The number of imidazole rings is 1. The van der Waals surface area contributed by atoms with Gasteiger partial charge in [0.25, 0.3) is 0 Å². The third kappa shape index (κ3) is 1.68. The summed E-state index contributed by atoms with van der Waals surface area (Å²) >= 11 is 0. The SMILES string of the molecule is CNCc1cnc2cccc(N(C)C)n12. The van der Waals surface area contributed by atoms with E-state index in [1.54, 1.807) is 0 Å². The van der Waals surface area contributed by atoms with Crippen molar-refractivity contribution in [3.05, 3.63) is 30.1 Å². The molecule has 4 heteroatoms. The summed E-state index contributed by atoms with van der Waals surface area (Å²) in [7, 11) is 6.02. The molecule has 0 aliphatic carbocycles. The summed E-state index contributed by atoms with van der Waals surface area (Å²) in [6, 6.07) is 6.14. The zero-order valence-corrected chi connectivity index (χ0v) is 9.36. The second kappa shape index (κ2) is 3.90. The first-order valence-corrected chi connectivity index (χ1v) is 5.01. The van der Waals surface area contributed by atoms with Crippen molar-refractivity contribution >= 4 is 11.5 Å². The largest absolute Gasteiger partial charge is 0.364 e. The minimum Gasteiger partial charge on any atom is -0.364 e. The smallest absolute Gasteiger partial charge is 0.138 e. The maximum absolute atomic E-state index is 4.38. The van der Waals surface area contributed by atoms with Gasteiger partial charge in [-0.3, -0.25) is 4.40 Å². The molecule has 0 aliphatic rings. The molecule has 0 saturated heterocycles. The lowest BCUT2D eigenvalue weighted by Gasteiger charge is -2.16. The molecule has 80 valence electrons. The molecule has 0 atom stereocenters. The highest BCUT2D eigenvalue weighted by Gasteiger charge is 2.07. The van der Waals surface area contributed by atoms with Crippen molar-refractivity contribution in [2.45, 2.75) is 6.54 Å². The standard InChI is InChI=1S/C11H16N4/c1-12-7-9-8-13-10-5-4-6-11(14(2)3)15(9)10/h4-6,8,12H,7H2,1-3H3. The Bertz CT molecular complexity index is 459. The predicted octanol–water partition coefficient (Wildman–Crippen LogP) is 1.12. The van der Waals surface area contributed by atoms with E-state index in [-0.39, 0.29) is 0 Å². The van der Waals surface area contributed by atoms with Crippen molar-refractivity contribution < 1.29 is 0 Å². The summed E-state index contributed by atoms with van der Waals surface area (Å²) < 4.78 is 2.16. The molecule has 2 heterocycles. The van der Waals surface area contributed by atoms with Crippen LogP contribution < -0.4 is 10.2 Å². The molecule has 0 fully saturated rings. The lowest BCUT2D eigenvalue weighted by Crippen LogP contribution is -2.15. The van der Waals surface area contributed by atoms with Crippen LogP contribution in [-0.2, 0) is 6.54 Å². The van der Waals surface area contributed by atoms with Gasteiger partial charge in [-0.1, -0.05) is 6.07 Å². The van der Waals surface area contributed by atoms with Gasteiger partial charge in [0.15, 0.2) is 0 Å². The van der Waals surface area contributed by atoms with E-state index in [9.17, 15) is 0 Å². The van der Waals surface area contributed by atoms with Crippen LogP contribution in [0.15, 0.2) is 24.4 Å². The Morgan fingerprint density at radius 3 is 2.87 bits per heavy atom. The van der Waals surface area contributed by atoms with Gasteiger partial charge >= 0.3 is 0 Å². The molecule has 0 bridgehead atoms. The molecule has 0 radical (unpaired) electrons. The number of aromatic nitrogens is 2. The Kier molecular flexibility index (Phi) is 2.60. The van der Waals surface area contributed by atoms with Crippen molar-refractivity contribution in [1.82, 2.24) is 14.7 Å². The summed E-state index contributed by atoms with van der Waals surface area (Å²) in [5, 5.41) is 3.15. The maximum Gasteiger partial charge on any atom is 0.138 e. The predicted molar refractivity (Wildman–Crippen MR) is 62.3 cm³/mol. The van der Waals surface area contributed by atoms with Crippen molar-refractivity contribution in [3.63, 3.8) is 0 Å². The van der Waals surface area contributed by atoms with Gasteiger partial charge < -0.3 is 10.2 Å². The monoisotopic (exact) mass is 204 g/mol. The third-order valence-electron chi connectivity index (χ3n) is 2.40. The lowest BCUT2D eigenvalue weighted by molar-refractivity contribution is 0.779. The van der Waals surface area contributed by atoms with Gasteiger partial charge in [-0.2, -0.15) is 0 Å². The van der Waals surface area contributed by atoms with Gasteiger partial charge in [-0.15, -0.1) is 0 Å². The molecule has 0 aliphatic heterocycles. The molecule has 0 amide bonds. The van der Waals surface area contributed by atoms with E-state index in [0.29, 0.717) is 0 Å². The minimum absolute atomic E-state index is 0.825. The number of nitrogens with zero attached hydrogens (tertiary/aromatic N) is 3. The normalized spacial score (nSPS) is 10.9. The molecule has 0 saturated carbocycles. The van der Waals surface area contributed by atoms with E-state index >= 15 is 0 Å². The number of anilines is 1. The van der Waals surface area contributed by atoms with Crippen LogP contribution in [0.1, 0.15) is 5.69 Å². The average Bonchev–Trinajstić information content (AvgIpc) is 2.62. The zero-order chi connectivity index (χ0) is 10.8. The molecular weight excluding hydrogens is 188 g/mol. The second-order valence-electron chi connectivity index (χ2n) is 3.75. The molecule has 2 aromatic rings. The topological polar surface area (TPSA) is 32.6 Å². The first-order chi connectivity index (χ1) is 7.24. The van der Waals surface area contributed by atoms with Gasteiger partial charge in [0, 0.05) is 20.6 Å². The summed E-state index contributed by atoms with van der Waals surface area (Å²) in [5.74, 6) is 1.15. The van der Waals surface area contributed by atoms with Crippen molar-refractivity contribution in [3.8, 4) is 0 Å². The first kappa shape index (κ1) is 9.98. The number of pyridine rings is 1. The van der Waals surface area contributed by atoms with E-state index in [0.717, 1.165) is 18.0 Å². The number of nitrogens with one attached hydrogen (secondary N) is 1. The highest BCUT2D eigenvalue weighted by molar-refractivity contribution is 5.52. The number of rotatable bonds is 3. The molecule has 4 nitrogen and oxygen atoms in total. The molecule has 1 N–H and O–H groups in total. The molecule has 15 heavy (non-hydrogen) atoms. The van der Waals surface area contributed by atoms with E-state index in [1.807, 2.05) is 39.5 Å². The minimum atomic E-state index is 0.825. The zero-order valence-electron chi connectivity index (χ0n) is 9.36. The first-order valence-electron chi connectivity index (χ1n) is 5.01. The summed E-state index contributed by atoms with van der Waals surface area (Å²) in [6.07, 6.45) is 1.92. The third-order valence-corrected chi connectivity index (χ3v) is 2.40. The van der Waals surface area contributed by atoms with Crippen molar-refractivity contribution in [2.24, 2.45) is 0 Å². The molecule has 0 aromatic carbocycles. The van der Waals surface area contributed by atoms with Crippen molar-refractivity contribution in [2.75, 3.05) is 26.0 Å². The van der Waals surface area contributed by atoms with Crippen LogP contribution in [0.3, 0.4) is 0 Å². The lowest BCUT2D eigenvalue weighted by atomic mass is 10.4. The van der Waals surface area contributed by atoms with E-state index < -0.39 is 0 Å². The van der Waals surface area contributed by atoms with Crippen LogP contribution in [-0.4, -0.2) is 30.5 Å². The number of fused-ring (bicyclic) bond motifs is 1. The molecule has 0 spiro atoms. The van der Waals surface area contributed by atoms with Crippen LogP contribution in [0.25, 0.3) is 5.65 Å². The second-order valence-corrected chi connectivity index (χ2v) is 3.75. The fraction of sp³-hybridized carbons (Fsp3) is 0.364. The quantitative estimate of drug-likeness (QED) is 0.813. The molecule has 2 aromatic heterocycles. The van der Waals surface area contributed by atoms with Crippen LogP contribution in [0, 0.1) is 0 Å². The molecular formula is C11H16N4. The Balaban J connectivity index is 2.63. The van der Waals surface area contributed by atoms with Gasteiger partial charge in [0.1, 0.15) is 11.5 Å². The van der Waals surface area contributed by atoms with Gasteiger partial charge in [0.05, 0.1) is 11.9 Å². The Labute approximate surface area is 89.5 Å². The van der Waals surface area contributed by atoms with Gasteiger partial charge in [0.2, 0.25) is 0 Å². The van der Waals surface area contributed by atoms with Crippen LogP contribution in [0.4, 0.5) is 5.82 Å². The summed E-state index contributed by atoms with van der Waals surface area (Å²) in [6.45, 7) is 0.825. The molecule has 2 rings (SSSR count). The van der Waals surface area contributed by atoms with Crippen LogP contribution in [0.5, 0.6) is 0 Å². The summed E-state index contributed by atoms with van der Waals surface area (Å²) in [4.78, 5) is 6.47. The fourth-order valence-corrected chi connectivity index (χ4v) is 1.73. The van der Waals surface area contributed by atoms with Gasteiger partial charge in [-0.25, -0.2) is 4.98 Å². The fourth-order valence-electron chi connectivity index (χ4n) is 1.73. The van der Waals surface area contributed by atoms with E-state index in [2.05, 4.69) is 25.7 Å². The Morgan fingerprint density at radius 1 is 1.40 bits per heavy atom. The highest BCUT2D eigenvalue weighted by Crippen LogP contribution is 2.16. The van der Waals surface area contributed by atoms with E-state index in [4.69, 9.17) is 0 Å². The van der Waals surface area contributed by atoms with E-state index in [1.165, 1.54) is 5.69 Å².